The molecule has 2 aliphatic heterocycles. The lowest BCUT2D eigenvalue weighted by Crippen LogP contribution is -2.57. The first-order chi connectivity index (χ1) is 16.6. The van der Waals surface area contributed by atoms with Crippen LogP contribution in [0.4, 0.5) is 13.2 Å². The molecule has 0 saturated carbocycles. The number of likely N-dealkylation sites (N-methyl/N-ethyl adjacent to an activating group) is 1. The van der Waals surface area contributed by atoms with Crippen LogP contribution < -0.4 is 4.74 Å². The van der Waals surface area contributed by atoms with Crippen molar-refractivity contribution >= 4 is 5.91 Å². The molecular formula is C25H25F3N3O4+. The highest BCUT2D eigenvalue weighted by atomic mass is 19.4. The molecule has 0 spiro atoms. The van der Waals surface area contributed by atoms with Crippen LogP contribution in [0.2, 0.25) is 0 Å². The van der Waals surface area contributed by atoms with Crippen molar-refractivity contribution in [2.45, 2.75) is 32.1 Å². The number of amides is 1. The Morgan fingerprint density at radius 1 is 1.17 bits per heavy atom. The van der Waals surface area contributed by atoms with Gasteiger partial charge in [-0.2, -0.15) is 18.2 Å². The summed E-state index contributed by atoms with van der Waals surface area (Å²) in [5, 5.41) is 3.47. The molecular weight excluding hydrogens is 463 g/mol. The number of fused-ring (bicyclic) bond motifs is 1. The summed E-state index contributed by atoms with van der Waals surface area (Å²) in [5.74, 6) is -1.05. The molecule has 1 fully saturated rings. The van der Waals surface area contributed by atoms with Gasteiger partial charge in [0.1, 0.15) is 24.3 Å². The predicted octanol–water partition coefficient (Wildman–Crippen LogP) is 4.79. The fourth-order valence-corrected chi connectivity index (χ4v) is 4.98. The van der Waals surface area contributed by atoms with Crippen LogP contribution in [0.3, 0.4) is 0 Å². The van der Waals surface area contributed by atoms with Crippen molar-refractivity contribution in [2.24, 2.45) is 5.41 Å². The summed E-state index contributed by atoms with van der Waals surface area (Å²) in [6.07, 6.45) is -4.08. The molecule has 3 atom stereocenters. The Morgan fingerprint density at radius 2 is 1.94 bits per heavy atom. The van der Waals surface area contributed by atoms with E-state index in [1.54, 1.807) is 18.2 Å². The molecule has 7 nitrogen and oxygen atoms in total. The minimum atomic E-state index is -4.73. The Hall–Kier alpha value is -3.24. The van der Waals surface area contributed by atoms with Crippen LogP contribution in [0.15, 0.2) is 53.1 Å². The molecule has 2 aliphatic rings. The van der Waals surface area contributed by atoms with Crippen LogP contribution in [0, 0.1) is 5.41 Å². The Morgan fingerprint density at radius 3 is 2.60 bits per heavy atom. The van der Waals surface area contributed by atoms with Gasteiger partial charge in [-0.25, -0.2) is 9.28 Å². The highest BCUT2D eigenvalue weighted by Gasteiger charge is 2.53. The molecule has 0 N–H and O–H groups in total. The highest BCUT2D eigenvalue weighted by molar-refractivity contribution is 5.77. The van der Waals surface area contributed by atoms with Gasteiger partial charge in [0.15, 0.2) is 6.04 Å². The first-order valence-corrected chi connectivity index (χ1v) is 11.3. The van der Waals surface area contributed by atoms with Crippen LogP contribution in [-0.2, 0) is 22.3 Å². The topological polar surface area (TPSA) is 74.5 Å². The maximum absolute atomic E-state index is 14.1. The van der Waals surface area contributed by atoms with Gasteiger partial charge in [-0.05, 0) is 25.5 Å². The van der Waals surface area contributed by atoms with E-state index < -0.39 is 17.5 Å². The number of alkyl halides is 3. The zero-order valence-corrected chi connectivity index (χ0v) is 19.3. The zero-order chi connectivity index (χ0) is 24.8. The second-order valence-electron chi connectivity index (χ2n) is 9.58. The second-order valence-corrected chi connectivity index (χ2v) is 9.58. The summed E-state index contributed by atoms with van der Waals surface area (Å²) < 4.78 is 54.9. The Labute approximate surface area is 200 Å². The number of rotatable bonds is 3. The van der Waals surface area contributed by atoms with Crippen molar-refractivity contribution in [3.05, 3.63) is 65.5 Å². The molecule has 184 valence electrons. The van der Waals surface area contributed by atoms with Crippen molar-refractivity contribution in [3.8, 4) is 17.1 Å². The third-order valence-corrected chi connectivity index (χ3v) is 6.96. The van der Waals surface area contributed by atoms with E-state index in [1.807, 2.05) is 44.3 Å². The first kappa shape index (κ1) is 23.5. The number of hydrogen-bond acceptors (Lipinski definition) is 6. The number of nitrogens with zero attached hydrogens (tertiary/aromatic N) is 3. The number of carbonyl (C=O) groups is 1. The minimum Gasteiger partial charge on any atom is -0.486 e. The Bertz CT molecular complexity index is 1240. The summed E-state index contributed by atoms with van der Waals surface area (Å²) in [4.78, 5) is 17.5. The summed E-state index contributed by atoms with van der Waals surface area (Å²) in [6.45, 7) is 3.41. The van der Waals surface area contributed by atoms with E-state index in [4.69, 9.17) is 9.47 Å². The molecule has 1 aromatic heterocycles. The predicted molar refractivity (Wildman–Crippen MR) is 118 cm³/mol. The van der Waals surface area contributed by atoms with Gasteiger partial charge in [-0.3, -0.25) is 0 Å². The van der Waals surface area contributed by atoms with E-state index in [1.165, 1.54) is 0 Å². The second kappa shape index (κ2) is 8.46. The molecule has 3 unspecified atom stereocenters. The lowest BCUT2D eigenvalue weighted by atomic mass is 9.85. The number of quaternary nitrogens is 1. The van der Waals surface area contributed by atoms with E-state index in [-0.39, 0.29) is 28.9 Å². The number of benzene rings is 2. The number of carbonyl (C=O) groups excluding carboxylic acids is 1. The smallest absolute Gasteiger partial charge is 0.471 e. The van der Waals surface area contributed by atoms with Crippen molar-refractivity contribution in [1.29, 1.82) is 0 Å². The maximum Gasteiger partial charge on any atom is 0.471 e. The zero-order valence-electron chi connectivity index (χ0n) is 19.3. The van der Waals surface area contributed by atoms with Gasteiger partial charge >= 0.3 is 18.0 Å². The van der Waals surface area contributed by atoms with Crippen LogP contribution in [-0.4, -0.2) is 47.4 Å². The van der Waals surface area contributed by atoms with E-state index in [0.717, 1.165) is 11.1 Å². The van der Waals surface area contributed by atoms with E-state index in [2.05, 4.69) is 14.7 Å². The third-order valence-electron chi connectivity index (χ3n) is 6.96. The van der Waals surface area contributed by atoms with Crippen molar-refractivity contribution < 1.29 is 36.4 Å². The maximum atomic E-state index is 14.1. The summed E-state index contributed by atoms with van der Waals surface area (Å²) in [5.41, 5.74) is 1.44. The monoisotopic (exact) mass is 488 g/mol. The minimum absolute atomic E-state index is 0.0670. The number of aromatic nitrogens is 2. The van der Waals surface area contributed by atoms with E-state index in [9.17, 15) is 18.0 Å². The fraction of sp³-hybridized carbons (Fsp3) is 0.400. The standard InChI is InChI=1S/C25H25F3N3O4/c1-24(10-11-33-15-24)23(32)31(2)13-18-9-8-17(21-29-22(35-30-21)25(26,27)28)12-20(18)34-14-19(31)16-6-4-3-5-7-16/h3-9,12,19H,10-11,13-15H2,1-2H3/q+1. The average molecular weight is 488 g/mol. The lowest BCUT2D eigenvalue weighted by molar-refractivity contribution is -0.881. The normalized spacial score (nSPS) is 26.6. The lowest BCUT2D eigenvalue weighted by Gasteiger charge is -2.41. The molecule has 0 bridgehead atoms. The number of ether oxygens (including phenoxy) is 2. The molecule has 35 heavy (non-hydrogen) atoms. The molecule has 2 aromatic carbocycles. The Balaban J connectivity index is 1.54. The first-order valence-electron chi connectivity index (χ1n) is 11.3. The van der Waals surface area contributed by atoms with Gasteiger partial charge in [-0.15, -0.1) is 0 Å². The largest absolute Gasteiger partial charge is 0.486 e. The fourth-order valence-electron chi connectivity index (χ4n) is 4.98. The van der Waals surface area contributed by atoms with Crippen molar-refractivity contribution in [2.75, 3.05) is 26.9 Å². The van der Waals surface area contributed by atoms with Crippen molar-refractivity contribution in [3.63, 3.8) is 0 Å². The van der Waals surface area contributed by atoms with Gasteiger partial charge in [0.25, 0.3) is 0 Å². The SMILES string of the molecule is CC1(C(=O)[N+]2(C)Cc3ccc(-c4noc(C(F)(F)F)n4)cc3OCC2c2ccccc2)CCOC1. The van der Waals surface area contributed by atoms with Crippen LogP contribution in [0.25, 0.3) is 11.4 Å². The van der Waals surface area contributed by atoms with Gasteiger partial charge < -0.3 is 14.0 Å². The molecule has 3 heterocycles. The highest BCUT2D eigenvalue weighted by Crippen LogP contribution is 2.43. The molecule has 10 heteroatoms. The van der Waals surface area contributed by atoms with Crippen molar-refractivity contribution in [1.82, 2.24) is 10.1 Å². The third kappa shape index (κ3) is 4.21. The van der Waals surface area contributed by atoms with Gasteiger partial charge in [0.2, 0.25) is 5.82 Å². The van der Waals surface area contributed by atoms with Gasteiger partial charge in [0, 0.05) is 23.3 Å². The van der Waals surface area contributed by atoms with Crippen LogP contribution in [0.5, 0.6) is 5.75 Å². The summed E-state index contributed by atoms with van der Waals surface area (Å²) in [6, 6.07) is 14.4. The van der Waals surface area contributed by atoms with Crippen LogP contribution in [0.1, 0.15) is 36.4 Å². The quantitative estimate of drug-likeness (QED) is 0.494. The van der Waals surface area contributed by atoms with Crippen LogP contribution >= 0.6 is 0 Å². The van der Waals surface area contributed by atoms with Gasteiger partial charge in [-0.1, -0.05) is 41.6 Å². The number of hydrogen-bond donors (Lipinski definition) is 0. The molecule has 5 rings (SSSR count). The molecule has 1 saturated heterocycles. The van der Waals surface area contributed by atoms with E-state index in [0.29, 0.717) is 37.5 Å². The number of halogens is 3. The molecule has 0 radical (unpaired) electrons. The van der Waals surface area contributed by atoms with Gasteiger partial charge in [0.05, 0.1) is 13.7 Å². The Kier molecular flexibility index (Phi) is 5.68. The summed E-state index contributed by atoms with van der Waals surface area (Å²) in [7, 11) is 1.92. The molecule has 1 amide bonds. The molecule has 0 aliphatic carbocycles. The van der Waals surface area contributed by atoms with E-state index >= 15 is 0 Å². The molecule has 3 aromatic rings. The summed E-state index contributed by atoms with van der Waals surface area (Å²) >= 11 is 0. The average Bonchev–Trinajstić information content (AvgIpc) is 3.47.